The molecule has 1 fully saturated rings. The molecule has 2 atom stereocenters. The van der Waals surface area contributed by atoms with E-state index < -0.39 is 21.3 Å². The molecular weight excluding hydrogens is 260 g/mol. The minimum absolute atomic E-state index is 0.124. The number of rotatable bonds is 3. The van der Waals surface area contributed by atoms with Gasteiger partial charge in [0.05, 0.1) is 6.04 Å². The van der Waals surface area contributed by atoms with Crippen LogP contribution in [0.3, 0.4) is 0 Å². The predicted molar refractivity (Wildman–Crippen MR) is 69.1 cm³/mol. The standard InChI is InChI=1S/C10H16N2O3S2/c1-3-4-8(11)10(13)12-5-6-16-7-9(12)17(2,14)15/h1,8-9H,4-7,11H2,2H3. The van der Waals surface area contributed by atoms with Crippen molar-refractivity contribution in [1.29, 1.82) is 0 Å². The molecule has 0 bridgehead atoms. The zero-order valence-corrected chi connectivity index (χ0v) is 11.3. The van der Waals surface area contributed by atoms with Crippen molar-refractivity contribution in [1.82, 2.24) is 4.90 Å². The van der Waals surface area contributed by atoms with Crippen LogP contribution in [0.15, 0.2) is 0 Å². The first-order chi connectivity index (χ1) is 7.88. The summed E-state index contributed by atoms with van der Waals surface area (Å²) in [5.41, 5.74) is 5.63. The Morgan fingerprint density at radius 1 is 1.71 bits per heavy atom. The van der Waals surface area contributed by atoms with Gasteiger partial charge in [-0.25, -0.2) is 8.42 Å². The maximum atomic E-state index is 12.0. The smallest absolute Gasteiger partial charge is 0.241 e. The number of thioether (sulfide) groups is 1. The van der Waals surface area contributed by atoms with Crippen LogP contribution in [-0.4, -0.2) is 54.9 Å². The van der Waals surface area contributed by atoms with E-state index in [2.05, 4.69) is 5.92 Å². The van der Waals surface area contributed by atoms with Crippen LogP contribution >= 0.6 is 11.8 Å². The quantitative estimate of drug-likeness (QED) is 0.688. The van der Waals surface area contributed by atoms with Crippen molar-refractivity contribution in [3.8, 4) is 12.3 Å². The zero-order valence-electron chi connectivity index (χ0n) is 9.63. The Balaban J connectivity index is 2.86. The number of terminal acetylenes is 1. The normalized spacial score (nSPS) is 22.9. The summed E-state index contributed by atoms with van der Waals surface area (Å²) in [6.07, 6.45) is 6.35. The van der Waals surface area contributed by atoms with Crippen LogP contribution in [0.1, 0.15) is 6.42 Å². The topological polar surface area (TPSA) is 80.5 Å². The Bertz CT molecular complexity index is 427. The number of carbonyl (C=O) groups is 1. The van der Waals surface area contributed by atoms with Gasteiger partial charge in [-0.05, 0) is 0 Å². The third kappa shape index (κ3) is 3.63. The van der Waals surface area contributed by atoms with Crippen LogP contribution in [0.2, 0.25) is 0 Å². The van der Waals surface area contributed by atoms with E-state index in [4.69, 9.17) is 12.2 Å². The van der Waals surface area contributed by atoms with Crippen molar-refractivity contribution in [3.63, 3.8) is 0 Å². The second kappa shape index (κ2) is 5.76. The van der Waals surface area contributed by atoms with Gasteiger partial charge in [0.2, 0.25) is 5.91 Å². The third-order valence-corrected chi connectivity index (χ3v) is 5.16. The molecule has 0 spiro atoms. The first-order valence-corrected chi connectivity index (χ1v) is 8.25. The first-order valence-electron chi connectivity index (χ1n) is 5.14. The summed E-state index contributed by atoms with van der Waals surface area (Å²) in [5, 5.41) is -0.780. The highest BCUT2D eigenvalue weighted by Gasteiger charge is 2.35. The van der Waals surface area contributed by atoms with Gasteiger partial charge in [-0.3, -0.25) is 4.79 Å². The minimum Gasteiger partial charge on any atom is -0.323 e. The van der Waals surface area contributed by atoms with E-state index in [1.54, 1.807) is 0 Å². The summed E-state index contributed by atoms with van der Waals surface area (Å²) >= 11 is 1.52. The molecule has 1 aliphatic rings. The molecular formula is C10H16N2O3S2. The van der Waals surface area contributed by atoms with Crippen molar-refractivity contribution in [2.75, 3.05) is 24.3 Å². The second-order valence-electron chi connectivity index (χ2n) is 3.91. The van der Waals surface area contributed by atoms with Gasteiger partial charge in [-0.2, -0.15) is 11.8 Å². The highest BCUT2D eigenvalue weighted by Crippen LogP contribution is 2.21. The van der Waals surface area contributed by atoms with Crippen LogP contribution in [0.5, 0.6) is 0 Å². The highest BCUT2D eigenvalue weighted by molar-refractivity contribution is 8.00. The number of nitrogens with zero attached hydrogens (tertiary/aromatic N) is 1. The van der Waals surface area contributed by atoms with Gasteiger partial charge < -0.3 is 10.6 Å². The van der Waals surface area contributed by atoms with Gasteiger partial charge in [0.1, 0.15) is 5.37 Å². The molecule has 0 radical (unpaired) electrons. The second-order valence-corrected chi connectivity index (χ2v) is 7.26. The van der Waals surface area contributed by atoms with E-state index in [1.807, 2.05) is 0 Å². The van der Waals surface area contributed by atoms with Gasteiger partial charge in [0.15, 0.2) is 9.84 Å². The van der Waals surface area contributed by atoms with E-state index in [-0.39, 0.29) is 12.3 Å². The molecule has 0 saturated carbocycles. The lowest BCUT2D eigenvalue weighted by atomic mass is 10.2. The highest BCUT2D eigenvalue weighted by atomic mass is 32.2. The molecule has 1 heterocycles. The van der Waals surface area contributed by atoms with Crippen LogP contribution < -0.4 is 5.73 Å². The van der Waals surface area contributed by atoms with Gasteiger partial charge in [-0.15, -0.1) is 12.3 Å². The number of hydrogen-bond acceptors (Lipinski definition) is 5. The molecule has 96 valence electrons. The Kier molecular flexibility index (Phi) is 4.86. The summed E-state index contributed by atoms with van der Waals surface area (Å²) in [5.74, 6) is 3.06. The van der Waals surface area contributed by atoms with E-state index >= 15 is 0 Å². The molecule has 2 unspecified atom stereocenters. The van der Waals surface area contributed by atoms with Crippen LogP contribution in [0.25, 0.3) is 0 Å². The fourth-order valence-electron chi connectivity index (χ4n) is 1.62. The third-order valence-electron chi connectivity index (χ3n) is 2.52. The first kappa shape index (κ1) is 14.4. The predicted octanol–water partition coefficient (Wildman–Crippen LogP) is -0.717. The van der Waals surface area contributed by atoms with Crippen molar-refractivity contribution >= 4 is 27.5 Å². The van der Waals surface area contributed by atoms with Gasteiger partial charge in [0.25, 0.3) is 0 Å². The fourth-order valence-corrected chi connectivity index (χ4v) is 4.44. The Hall–Kier alpha value is -0.710. The van der Waals surface area contributed by atoms with Crippen molar-refractivity contribution in [2.24, 2.45) is 5.73 Å². The van der Waals surface area contributed by atoms with E-state index in [0.29, 0.717) is 12.3 Å². The number of hydrogen-bond donors (Lipinski definition) is 1. The van der Waals surface area contributed by atoms with Crippen molar-refractivity contribution in [2.45, 2.75) is 17.8 Å². The molecule has 1 saturated heterocycles. The molecule has 17 heavy (non-hydrogen) atoms. The van der Waals surface area contributed by atoms with Crippen LogP contribution in [0.4, 0.5) is 0 Å². The fraction of sp³-hybridized carbons (Fsp3) is 0.700. The van der Waals surface area contributed by atoms with Gasteiger partial charge >= 0.3 is 0 Å². The summed E-state index contributed by atoms with van der Waals surface area (Å²) in [7, 11) is -3.29. The number of carbonyl (C=O) groups excluding carboxylic acids is 1. The summed E-state index contributed by atoms with van der Waals surface area (Å²) in [6.45, 7) is 0.402. The summed E-state index contributed by atoms with van der Waals surface area (Å²) < 4.78 is 23.2. The Morgan fingerprint density at radius 3 is 2.88 bits per heavy atom. The van der Waals surface area contributed by atoms with E-state index in [1.165, 1.54) is 16.7 Å². The summed E-state index contributed by atoms with van der Waals surface area (Å²) in [6, 6.07) is -0.813. The van der Waals surface area contributed by atoms with Crippen LogP contribution in [-0.2, 0) is 14.6 Å². The Morgan fingerprint density at radius 2 is 2.35 bits per heavy atom. The minimum atomic E-state index is -3.29. The number of nitrogens with two attached hydrogens (primary N) is 1. The summed E-state index contributed by atoms with van der Waals surface area (Å²) in [4.78, 5) is 13.3. The molecule has 1 amide bonds. The molecule has 1 aliphatic heterocycles. The molecule has 1 rings (SSSR count). The van der Waals surface area contributed by atoms with Crippen molar-refractivity contribution in [3.05, 3.63) is 0 Å². The van der Waals surface area contributed by atoms with Crippen molar-refractivity contribution < 1.29 is 13.2 Å². The largest absolute Gasteiger partial charge is 0.323 e. The molecule has 2 N–H and O–H groups in total. The molecule has 0 aromatic rings. The maximum Gasteiger partial charge on any atom is 0.241 e. The zero-order chi connectivity index (χ0) is 13.1. The maximum absolute atomic E-state index is 12.0. The molecule has 0 aliphatic carbocycles. The number of sulfone groups is 1. The lowest BCUT2D eigenvalue weighted by Crippen LogP contribution is -2.54. The van der Waals surface area contributed by atoms with E-state index in [0.717, 1.165) is 12.0 Å². The lowest BCUT2D eigenvalue weighted by molar-refractivity contribution is -0.132. The Labute approximate surface area is 106 Å². The van der Waals surface area contributed by atoms with Gasteiger partial charge in [-0.1, -0.05) is 0 Å². The molecule has 0 aromatic carbocycles. The average Bonchev–Trinajstić information content (AvgIpc) is 2.27. The SMILES string of the molecule is C#CCC(N)C(=O)N1CCSCC1S(C)(=O)=O. The van der Waals surface area contributed by atoms with E-state index in [9.17, 15) is 13.2 Å². The molecule has 0 aromatic heterocycles. The molecule has 7 heteroatoms. The average molecular weight is 276 g/mol. The van der Waals surface area contributed by atoms with Crippen LogP contribution in [0, 0.1) is 12.3 Å². The monoisotopic (exact) mass is 276 g/mol. The number of amides is 1. The molecule has 5 nitrogen and oxygen atoms in total. The lowest BCUT2D eigenvalue weighted by Gasteiger charge is -2.35. The van der Waals surface area contributed by atoms with Gasteiger partial charge in [0, 0.05) is 30.7 Å².